The molecule has 2 nitrogen and oxygen atoms in total. The molecule has 0 spiro atoms. The summed E-state index contributed by atoms with van der Waals surface area (Å²) in [5, 5.41) is 2.56. The second kappa shape index (κ2) is 7.91. The number of hydrogen-bond acceptors (Lipinski definition) is 1. The summed E-state index contributed by atoms with van der Waals surface area (Å²) in [6.07, 6.45) is 18.5. The number of fused-ring (bicyclic) bond motifs is 8. The van der Waals surface area contributed by atoms with Crippen LogP contribution in [0.5, 0.6) is 0 Å². The Kier molecular flexibility index (Phi) is 4.38. The van der Waals surface area contributed by atoms with E-state index in [2.05, 4.69) is 125 Å². The van der Waals surface area contributed by atoms with Crippen LogP contribution in [-0.2, 0) is 0 Å². The molecular formula is C35H24N2. The van der Waals surface area contributed by atoms with Crippen molar-refractivity contribution in [1.29, 1.82) is 0 Å². The molecule has 3 aromatic carbocycles. The normalized spacial score (nSPS) is 17.9. The molecule has 174 valence electrons. The van der Waals surface area contributed by atoms with Crippen LogP contribution >= 0.6 is 0 Å². The van der Waals surface area contributed by atoms with E-state index in [0.717, 1.165) is 12.1 Å². The van der Waals surface area contributed by atoms with Gasteiger partial charge in [0.2, 0.25) is 0 Å². The van der Waals surface area contributed by atoms with Gasteiger partial charge >= 0.3 is 0 Å². The minimum Gasteiger partial charge on any atom is -0.309 e. The van der Waals surface area contributed by atoms with Gasteiger partial charge in [0.05, 0.1) is 11.0 Å². The number of pyridine rings is 1. The monoisotopic (exact) mass is 472 g/mol. The van der Waals surface area contributed by atoms with Crippen molar-refractivity contribution in [2.75, 3.05) is 0 Å². The Bertz CT molecular complexity index is 1890. The summed E-state index contributed by atoms with van der Waals surface area (Å²) < 4.78 is 2.34. The van der Waals surface area contributed by atoms with Crippen LogP contribution in [0.1, 0.15) is 29.0 Å². The Balaban J connectivity index is 1.31. The second-order valence-corrected chi connectivity index (χ2v) is 9.96. The van der Waals surface area contributed by atoms with E-state index in [1.165, 1.54) is 60.8 Å². The minimum atomic E-state index is 0.324. The summed E-state index contributed by atoms with van der Waals surface area (Å²) in [6.45, 7) is 0. The SMILES string of the molecule is C1=CC2=C3C=C(c4ccc5c(c4)c4ccccc4n5-c4ccncc4)CC=C3c3ccccc3C2C=C1. The number of nitrogens with zero attached hydrogens (tertiary/aromatic N) is 2. The molecule has 1 unspecified atom stereocenters. The lowest BCUT2D eigenvalue weighted by Crippen LogP contribution is -2.14. The van der Waals surface area contributed by atoms with Crippen LogP contribution in [0, 0.1) is 0 Å². The molecule has 0 amide bonds. The van der Waals surface area contributed by atoms with Crippen molar-refractivity contribution in [2.24, 2.45) is 0 Å². The largest absolute Gasteiger partial charge is 0.309 e. The van der Waals surface area contributed by atoms with Gasteiger partial charge in [-0.15, -0.1) is 0 Å². The Labute approximate surface area is 215 Å². The van der Waals surface area contributed by atoms with Crippen molar-refractivity contribution in [3.8, 4) is 5.69 Å². The fourth-order valence-electron chi connectivity index (χ4n) is 6.36. The average Bonchev–Trinajstić information content (AvgIpc) is 3.31. The molecule has 3 aliphatic rings. The van der Waals surface area contributed by atoms with Gasteiger partial charge in [0, 0.05) is 34.8 Å². The van der Waals surface area contributed by atoms with Crippen LogP contribution in [0.4, 0.5) is 0 Å². The Morgan fingerprint density at radius 2 is 1.62 bits per heavy atom. The molecule has 8 rings (SSSR count). The van der Waals surface area contributed by atoms with E-state index >= 15 is 0 Å². The maximum absolute atomic E-state index is 4.23. The van der Waals surface area contributed by atoms with Gasteiger partial charge in [-0.2, -0.15) is 0 Å². The van der Waals surface area contributed by atoms with Crippen molar-refractivity contribution in [1.82, 2.24) is 9.55 Å². The van der Waals surface area contributed by atoms with E-state index in [9.17, 15) is 0 Å². The van der Waals surface area contributed by atoms with E-state index in [4.69, 9.17) is 0 Å². The number of hydrogen-bond donors (Lipinski definition) is 0. The van der Waals surface area contributed by atoms with E-state index < -0.39 is 0 Å². The Morgan fingerprint density at radius 1 is 0.784 bits per heavy atom. The Morgan fingerprint density at radius 3 is 2.57 bits per heavy atom. The Hall–Kier alpha value is -4.69. The van der Waals surface area contributed by atoms with Crippen molar-refractivity contribution >= 4 is 33.0 Å². The van der Waals surface area contributed by atoms with Gasteiger partial charge in [-0.25, -0.2) is 0 Å². The molecule has 0 bridgehead atoms. The van der Waals surface area contributed by atoms with Crippen LogP contribution in [0.3, 0.4) is 0 Å². The lowest BCUT2D eigenvalue weighted by atomic mass is 9.71. The lowest BCUT2D eigenvalue weighted by molar-refractivity contribution is 0.981. The maximum atomic E-state index is 4.23. The fourth-order valence-corrected chi connectivity index (χ4v) is 6.36. The van der Waals surface area contributed by atoms with Crippen LogP contribution in [-0.4, -0.2) is 9.55 Å². The number of allylic oxidation sites excluding steroid dienone is 10. The van der Waals surface area contributed by atoms with Gasteiger partial charge in [-0.05, 0) is 81.8 Å². The summed E-state index contributed by atoms with van der Waals surface area (Å²) >= 11 is 0. The summed E-state index contributed by atoms with van der Waals surface area (Å²) in [5.41, 5.74) is 13.2. The quantitative estimate of drug-likeness (QED) is 0.252. The second-order valence-electron chi connectivity index (χ2n) is 9.96. The van der Waals surface area contributed by atoms with Gasteiger partial charge < -0.3 is 4.57 Å². The highest BCUT2D eigenvalue weighted by Crippen LogP contribution is 2.48. The van der Waals surface area contributed by atoms with Crippen molar-refractivity contribution in [3.05, 3.63) is 156 Å². The number of benzene rings is 3. The first-order valence-corrected chi connectivity index (χ1v) is 12.9. The summed E-state index contributed by atoms with van der Waals surface area (Å²) in [7, 11) is 0. The highest BCUT2D eigenvalue weighted by Gasteiger charge is 2.29. The minimum absolute atomic E-state index is 0.324. The first kappa shape index (κ1) is 20.5. The smallest absolute Gasteiger partial charge is 0.0541 e. The highest BCUT2D eigenvalue weighted by molar-refractivity contribution is 6.10. The summed E-state index contributed by atoms with van der Waals surface area (Å²) in [5.74, 6) is 0.324. The molecule has 0 fully saturated rings. The molecule has 0 saturated heterocycles. The van der Waals surface area contributed by atoms with Gasteiger partial charge in [0.1, 0.15) is 0 Å². The molecule has 0 saturated carbocycles. The molecule has 0 N–H and O–H groups in total. The van der Waals surface area contributed by atoms with Gasteiger partial charge in [0.15, 0.2) is 0 Å². The van der Waals surface area contributed by atoms with E-state index in [1.807, 2.05) is 12.4 Å². The van der Waals surface area contributed by atoms with Crippen LogP contribution in [0.25, 0.3) is 38.6 Å². The van der Waals surface area contributed by atoms with E-state index in [1.54, 1.807) is 0 Å². The standard InChI is InChI=1S/C35H24N2/c1-2-9-28-26(7-1)27-8-3-4-10-29(27)32-21-23(13-15-30(28)32)24-14-16-35-33(22-24)31-11-5-6-12-34(31)37(35)25-17-19-36-20-18-25/h1-12,14-22,27H,13H2. The fraction of sp³-hybridized carbons (Fsp3) is 0.0571. The molecular weight excluding hydrogens is 448 g/mol. The van der Waals surface area contributed by atoms with Crippen LogP contribution in [0.15, 0.2) is 139 Å². The number of rotatable bonds is 2. The van der Waals surface area contributed by atoms with Crippen LogP contribution in [0.2, 0.25) is 0 Å². The van der Waals surface area contributed by atoms with Crippen molar-refractivity contribution in [2.45, 2.75) is 12.3 Å². The number of para-hydroxylation sites is 1. The van der Waals surface area contributed by atoms with E-state index in [-0.39, 0.29) is 0 Å². The molecule has 5 aromatic rings. The molecule has 2 heteroatoms. The first-order chi connectivity index (χ1) is 18.4. The number of aromatic nitrogens is 2. The van der Waals surface area contributed by atoms with Gasteiger partial charge in [0.25, 0.3) is 0 Å². The molecule has 2 aromatic heterocycles. The third-order valence-electron chi connectivity index (χ3n) is 8.02. The zero-order chi connectivity index (χ0) is 24.3. The van der Waals surface area contributed by atoms with E-state index in [0.29, 0.717) is 5.92 Å². The summed E-state index contributed by atoms with van der Waals surface area (Å²) in [6, 6.07) is 28.7. The predicted molar refractivity (Wildman–Crippen MR) is 154 cm³/mol. The molecule has 1 atom stereocenters. The van der Waals surface area contributed by atoms with Crippen LogP contribution < -0.4 is 0 Å². The molecule has 2 heterocycles. The molecule has 0 aliphatic heterocycles. The molecule has 37 heavy (non-hydrogen) atoms. The zero-order valence-electron chi connectivity index (χ0n) is 20.3. The highest BCUT2D eigenvalue weighted by atomic mass is 15.0. The predicted octanol–water partition coefficient (Wildman–Crippen LogP) is 8.57. The lowest BCUT2D eigenvalue weighted by Gasteiger charge is -2.32. The third-order valence-corrected chi connectivity index (χ3v) is 8.02. The van der Waals surface area contributed by atoms with Gasteiger partial charge in [-0.3, -0.25) is 4.98 Å². The van der Waals surface area contributed by atoms with Gasteiger partial charge in [-0.1, -0.05) is 78.9 Å². The zero-order valence-corrected chi connectivity index (χ0v) is 20.3. The average molecular weight is 473 g/mol. The topological polar surface area (TPSA) is 17.8 Å². The maximum Gasteiger partial charge on any atom is 0.0541 e. The van der Waals surface area contributed by atoms with Crippen molar-refractivity contribution in [3.63, 3.8) is 0 Å². The molecule has 0 radical (unpaired) electrons. The summed E-state index contributed by atoms with van der Waals surface area (Å²) in [4.78, 5) is 4.23. The first-order valence-electron chi connectivity index (χ1n) is 12.9. The third kappa shape index (κ3) is 3.02. The molecule has 3 aliphatic carbocycles. The van der Waals surface area contributed by atoms with Crippen molar-refractivity contribution < 1.29 is 0 Å².